The quantitative estimate of drug-likeness (QED) is 0.710. The summed E-state index contributed by atoms with van der Waals surface area (Å²) in [6, 6.07) is 6.45. The zero-order valence-electron chi connectivity index (χ0n) is 10.7. The van der Waals surface area contributed by atoms with Crippen molar-refractivity contribution in [1.82, 2.24) is 4.90 Å². The van der Waals surface area contributed by atoms with E-state index in [-0.39, 0.29) is 0 Å². The maximum absolute atomic E-state index is 3.55. The molecule has 17 heavy (non-hydrogen) atoms. The third-order valence-corrected chi connectivity index (χ3v) is 3.79. The first-order valence-corrected chi connectivity index (χ1v) is 7.66. The van der Waals surface area contributed by atoms with Crippen LogP contribution in [0.4, 0.5) is 5.69 Å². The summed E-state index contributed by atoms with van der Waals surface area (Å²) in [4.78, 5) is 4.55. The van der Waals surface area contributed by atoms with E-state index in [0.29, 0.717) is 0 Å². The van der Waals surface area contributed by atoms with Gasteiger partial charge < -0.3 is 9.80 Å². The Morgan fingerprint density at radius 1 is 1.12 bits per heavy atom. The van der Waals surface area contributed by atoms with Gasteiger partial charge in [0.25, 0.3) is 0 Å². The van der Waals surface area contributed by atoms with Crippen molar-refractivity contribution in [3.8, 4) is 0 Å². The Balaban J connectivity index is 2.64. The highest BCUT2D eigenvalue weighted by atomic mass is 79.9. The lowest BCUT2D eigenvalue weighted by Gasteiger charge is -2.23. The van der Waals surface area contributed by atoms with Gasteiger partial charge in [0.15, 0.2) is 0 Å². The van der Waals surface area contributed by atoms with Crippen LogP contribution in [-0.2, 0) is 5.33 Å². The molecule has 0 radical (unpaired) electrons. The maximum atomic E-state index is 3.55. The highest BCUT2D eigenvalue weighted by molar-refractivity contribution is 9.10. The first-order valence-electron chi connectivity index (χ1n) is 5.75. The summed E-state index contributed by atoms with van der Waals surface area (Å²) in [5.41, 5.74) is 2.63. The molecule has 1 aromatic carbocycles. The van der Waals surface area contributed by atoms with Crippen molar-refractivity contribution in [3.05, 3.63) is 28.2 Å². The van der Waals surface area contributed by atoms with Crippen molar-refractivity contribution in [2.45, 2.75) is 11.8 Å². The molecule has 1 rings (SSSR count). The molecule has 0 bridgehead atoms. The van der Waals surface area contributed by atoms with Gasteiger partial charge in [0.2, 0.25) is 0 Å². The van der Waals surface area contributed by atoms with E-state index < -0.39 is 0 Å². The standard InChI is InChI=1S/C13H20Br2N2/c1-16(2)7-4-8-17(3)13-6-5-12(15)9-11(13)10-14/h5-6,9H,4,7-8,10H2,1-3H3. The summed E-state index contributed by atoms with van der Waals surface area (Å²) in [6.45, 7) is 2.21. The Kier molecular flexibility index (Phi) is 6.52. The minimum atomic E-state index is 0.889. The number of halogens is 2. The molecule has 4 heteroatoms. The third kappa shape index (κ3) is 4.98. The average molecular weight is 364 g/mol. The van der Waals surface area contributed by atoms with Gasteiger partial charge in [-0.05, 0) is 50.8 Å². The van der Waals surface area contributed by atoms with E-state index >= 15 is 0 Å². The van der Waals surface area contributed by atoms with Crippen LogP contribution >= 0.6 is 31.9 Å². The normalized spacial score (nSPS) is 10.9. The summed E-state index contributed by atoms with van der Waals surface area (Å²) >= 11 is 7.06. The highest BCUT2D eigenvalue weighted by Gasteiger charge is 2.07. The molecule has 0 aliphatic rings. The lowest BCUT2D eigenvalue weighted by atomic mass is 10.2. The molecule has 0 spiro atoms. The molecule has 1 aromatic rings. The molecule has 0 saturated carbocycles. The zero-order valence-corrected chi connectivity index (χ0v) is 13.9. The van der Waals surface area contributed by atoms with Crippen molar-refractivity contribution in [2.24, 2.45) is 0 Å². The second kappa shape index (κ2) is 7.39. The minimum absolute atomic E-state index is 0.889. The van der Waals surface area contributed by atoms with Crippen LogP contribution < -0.4 is 4.90 Å². The van der Waals surface area contributed by atoms with Gasteiger partial charge in [-0.2, -0.15) is 0 Å². The van der Waals surface area contributed by atoms with Crippen LogP contribution in [-0.4, -0.2) is 39.1 Å². The van der Waals surface area contributed by atoms with Crippen LogP contribution in [0.3, 0.4) is 0 Å². The van der Waals surface area contributed by atoms with E-state index in [0.717, 1.165) is 22.9 Å². The lowest BCUT2D eigenvalue weighted by Crippen LogP contribution is -2.24. The second-order valence-electron chi connectivity index (χ2n) is 4.49. The fourth-order valence-corrected chi connectivity index (χ4v) is 2.64. The number of hydrogen-bond acceptors (Lipinski definition) is 2. The molecule has 0 saturated heterocycles. The predicted molar refractivity (Wildman–Crippen MR) is 83.2 cm³/mol. The summed E-state index contributed by atoms with van der Waals surface area (Å²) in [5.74, 6) is 0. The summed E-state index contributed by atoms with van der Waals surface area (Å²) < 4.78 is 1.14. The fourth-order valence-electron chi connectivity index (χ4n) is 1.78. The van der Waals surface area contributed by atoms with Crippen molar-refractivity contribution in [2.75, 3.05) is 39.1 Å². The molecule has 0 fully saturated rings. The molecule has 2 nitrogen and oxygen atoms in total. The molecule has 0 amide bonds. The number of alkyl halides is 1. The van der Waals surface area contributed by atoms with Crippen LogP contribution in [0.25, 0.3) is 0 Å². The molecule has 0 unspecified atom stereocenters. The molecular weight excluding hydrogens is 344 g/mol. The van der Waals surface area contributed by atoms with Gasteiger partial charge >= 0.3 is 0 Å². The fraction of sp³-hybridized carbons (Fsp3) is 0.538. The Hall–Kier alpha value is -0.0600. The molecule has 0 aliphatic carbocycles. The predicted octanol–water partition coefficient (Wildman–Crippen LogP) is 3.73. The minimum Gasteiger partial charge on any atom is -0.374 e. The van der Waals surface area contributed by atoms with Crippen LogP contribution in [0.15, 0.2) is 22.7 Å². The van der Waals surface area contributed by atoms with Crippen LogP contribution in [0.5, 0.6) is 0 Å². The number of hydrogen-bond donors (Lipinski definition) is 0. The number of anilines is 1. The summed E-state index contributed by atoms with van der Waals surface area (Å²) in [5, 5.41) is 0.889. The number of benzene rings is 1. The van der Waals surface area contributed by atoms with E-state index in [4.69, 9.17) is 0 Å². The molecule has 0 atom stereocenters. The summed E-state index contributed by atoms with van der Waals surface area (Å²) in [6.07, 6.45) is 1.18. The molecule has 0 N–H and O–H groups in total. The Labute approximate surface area is 121 Å². The first kappa shape index (κ1) is 15.0. The average Bonchev–Trinajstić information content (AvgIpc) is 2.28. The molecular formula is C13H20Br2N2. The van der Waals surface area contributed by atoms with E-state index in [1.54, 1.807) is 0 Å². The Bertz CT molecular complexity index is 353. The van der Waals surface area contributed by atoms with Gasteiger partial charge in [-0.3, -0.25) is 0 Å². The van der Waals surface area contributed by atoms with E-state index in [9.17, 15) is 0 Å². The largest absolute Gasteiger partial charge is 0.374 e. The van der Waals surface area contributed by atoms with Crippen molar-refractivity contribution in [3.63, 3.8) is 0 Å². The topological polar surface area (TPSA) is 6.48 Å². The van der Waals surface area contributed by atoms with Gasteiger partial charge in [0, 0.05) is 29.1 Å². The second-order valence-corrected chi connectivity index (χ2v) is 5.96. The maximum Gasteiger partial charge on any atom is 0.0405 e. The molecule has 0 aromatic heterocycles. The molecule has 96 valence electrons. The molecule has 0 aliphatic heterocycles. The van der Waals surface area contributed by atoms with Gasteiger partial charge in [0.1, 0.15) is 0 Å². The Morgan fingerprint density at radius 2 is 1.82 bits per heavy atom. The van der Waals surface area contributed by atoms with E-state index in [2.05, 4.69) is 81.0 Å². The van der Waals surface area contributed by atoms with Gasteiger partial charge in [-0.1, -0.05) is 31.9 Å². The number of rotatable bonds is 6. The zero-order chi connectivity index (χ0) is 12.8. The first-order chi connectivity index (χ1) is 8.04. The number of nitrogens with zero attached hydrogens (tertiary/aromatic N) is 2. The van der Waals surface area contributed by atoms with Crippen molar-refractivity contribution >= 4 is 37.5 Å². The van der Waals surface area contributed by atoms with Crippen LogP contribution in [0.2, 0.25) is 0 Å². The van der Waals surface area contributed by atoms with Crippen LogP contribution in [0.1, 0.15) is 12.0 Å². The van der Waals surface area contributed by atoms with Gasteiger partial charge in [-0.15, -0.1) is 0 Å². The molecule has 0 heterocycles. The van der Waals surface area contributed by atoms with E-state index in [1.807, 2.05) is 0 Å². The lowest BCUT2D eigenvalue weighted by molar-refractivity contribution is 0.401. The van der Waals surface area contributed by atoms with Gasteiger partial charge in [0.05, 0.1) is 0 Å². The van der Waals surface area contributed by atoms with E-state index in [1.165, 1.54) is 17.7 Å². The monoisotopic (exact) mass is 362 g/mol. The van der Waals surface area contributed by atoms with Crippen molar-refractivity contribution in [1.29, 1.82) is 0 Å². The van der Waals surface area contributed by atoms with Crippen LogP contribution in [0, 0.1) is 0 Å². The summed E-state index contributed by atoms with van der Waals surface area (Å²) in [7, 11) is 6.39. The van der Waals surface area contributed by atoms with Gasteiger partial charge in [-0.25, -0.2) is 0 Å². The highest BCUT2D eigenvalue weighted by Crippen LogP contribution is 2.25. The SMILES string of the molecule is CN(C)CCCN(C)c1ccc(Br)cc1CBr. The Morgan fingerprint density at radius 3 is 2.41 bits per heavy atom. The smallest absolute Gasteiger partial charge is 0.0405 e. The third-order valence-electron chi connectivity index (χ3n) is 2.70. The van der Waals surface area contributed by atoms with Crippen molar-refractivity contribution < 1.29 is 0 Å².